The molecule has 2 aromatic carbocycles. The first-order valence-corrected chi connectivity index (χ1v) is 10.2. The highest BCUT2D eigenvalue weighted by atomic mass is 19.2. The summed E-state index contributed by atoms with van der Waals surface area (Å²) in [5, 5.41) is 14.8. The van der Waals surface area contributed by atoms with Gasteiger partial charge in [-0.2, -0.15) is 15.0 Å². The number of aliphatic hydroxyl groups excluding tert-OH is 1. The summed E-state index contributed by atoms with van der Waals surface area (Å²) >= 11 is 0. The summed E-state index contributed by atoms with van der Waals surface area (Å²) in [5.74, 6) is -3.63. The summed E-state index contributed by atoms with van der Waals surface area (Å²) in [6, 6.07) is 6.54. The van der Waals surface area contributed by atoms with Crippen LogP contribution in [0.1, 0.15) is 0 Å². The third-order valence-electron chi connectivity index (χ3n) is 5.05. The van der Waals surface area contributed by atoms with Crippen LogP contribution in [0.3, 0.4) is 0 Å². The van der Waals surface area contributed by atoms with Crippen molar-refractivity contribution in [3.8, 4) is 0 Å². The molecule has 1 aliphatic rings. The Kier molecular flexibility index (Phi) is 6.84. The zero-order valence-electron chi connectivity index (χ0n) is 17.4. The van der Waals surface area contributed by atoms with Crippen molar-refractivity contribution >= 4 is 29.2 Å². The Morgan fingerprint density at radius 2 is 1.24 bits per heavy atom. The molecule has 0 atom stereocenters. The molecule has 3 aromatic rings. The van der Waals surface area contributed by atoms with Crippen molar-refractivity contribution < 1.29 is 22.7 Å². The van der Waals surface area contributed by atoms with Gasteiger partial charge in [0, 0.05) is 56.2 Å². The minimum atomic E-state index is -1.03. The maximum atomic E-state index is 13.6. The van der Waals surface area contributed by atoms with Gasteiger partial charge in [-0.25, -0.2) is 17.6 Å². The highest BCUT2D eigenvalue weighted by Gasteiger charge is 2.20. The molecule has 1 saturated heterocycles. The van der Waals surface area contributed by atoms with Crippen molar-refractivity contribution in [2.75, 3.05) is 54.9 Å². The molecule has 0 unspecified atom stereocenters. The van der Waals surface area contributed by atoms with Crippen molar-refractivity contribution in [2.45, 2.75) is 0 Å². The van der Waals surface area contributed by atoms with Gasteiger partial charge in [-0.3, -0.25) is 4.90 Å². The van der Waals surface area contributed by atoms with Gasteiger partial charge in [0.1, 0.15) is 0 Å². The Morgan fingerprint density at radius 1 is 0.727 bits per heavy atom. The van der Waals surface area contributed by atoms with Gasteiger partial charge in [-0.05, 0) is 24.3 Å². The topological polar surface area (TPSA) is 89.4 Å². The quantitative estimate of drug-likeness (QED) is 0.461. The number of benzene rings is 2. The number of piperazine rings is 1. The maximum Gasteiger partial charge on any atom is 0.233 e. The lowest BCUT2D eigenvalue weighted by Crippen LogP contribution is -2.47. The fourth-order valence-electron chi connectivity index (χ4n) is 3.34. The lowest BCUT2D eigenvalue weighted by Gasteiger charge is -2.34. The Morgan fingerprint density at radius 3 is 1.70 bits per heavy atom. The van der Waals surface area contributed by atoms with E-state index >= 15 is 0 Å². The Hall–Kier alpha value is -3.51. The molecule has 0 aliphatic carbocycles. The van der Waals surface area contributed by atoms with E-state index in [4.69, 9.17) is 5.11 Å². The van der Waals surface area contributed by atoms with Crippen molar-refractivity contribution in [1.82, 2.24) is 19.9 Å². The number of anilines is 5. The second-order valence-electron chi connectivity index (χ2n) is 7.34. The number of nitrogens with one attached hydrogen (secondary N) is 2. The summed E-state index contributed by atoms with van der Waals surface area (Å²) in [5.41, 5.74) is 0.440. The van der Waals surface area contributed by atoms with E-state index in [1.807, 2.05) is 4.90 Å². The van der Waals surface area contributed by atoms with Gasteiger partial charge < -0.3 is 20.6 Å². The minimum Gasteiger partial charge on any atom is -0.395 e. The molecule has 3 N–H and O–H groups in total. The van der Waals surface area contributed by atoms with Gasteiger partial charge in [0.2, 0.25) is 17.8 Å². The van der Waals surface area contributed by atoms with E-state index in [0.29, 0.717) is 38.7 Å². The van der Waals surface area contributed by atoms with Gasteiger partial charge in [0.15, 0.2) is 23.3 Å². The van der Waals surface area contributed by atoms with Crippen LogP contribution in [0, 0.1) is 23.3 Å². The molecule has 0 bridgehead atoms. The van der Waals surface area contributed by atoms with Crippen LogP contribution in [-0.4, -0.2) is 64.3 Å². The van der Waals surface area contributed by atoms with Crippen molar-refractivity contribution in [2.24, 2.45) is 0 Å². The monoisotopic (exact) mass is 463 g/mol. The first kappa shape index (κ1) is 22.7. The molecule has 174 valence electrons. The van der Waals surface area contributed by atoms with E-state index in [0.717, 1.165) is 24.3 Å². The summed E-state index contributed by atoms with van der Waals surface area (Å²) in [7, 11) is 0. The first-order chi connectivity index (χ1) is 15.9. The Bertz CT molecular complexity index is 1050. The molecule has 33 heavy (non-hydrogen) atoms. The molecular weight excluding hydrogens is 442 g/mol. The molecule has 1 aromatic heterocycles. The van der Waals surface area contributed by atoms with Gasteiger partial charge in [0.25, 0.3) is 0 Å². The van der Waals surface area contributed by atoms with E-state index in [-0.39, 0.29) is 29.9 Å². The lowest BCUT2D eigenvalue weighted by atomic mass is 10.3. The van der Waals surface area contributed by atoms with Crippen LogP contribution < -0.4 is 15.5 Å². The second-order valence-corrected chi connectivity index (χ2v) is 7.34. The number of aliphatic hydroxyl groups is 1. The Labute approximate surface area is 186 Å². The average molecular weight is 463 g/mol. The van der Waals surface area contributed by atoms with Crippen molar-refractivity contribution in [3.05, 3.63) is 59.7 Å². The third-order valence-corrected chi connectivity index (χ3v) is 5.05. The fraction of sp³-hybridized carbons (Fsp3) is 0.286. The van der Waals surface area contributed by atoms with Crippen LogP contribution >= 0.6 is 0 Å². The summed E-state index contributed by atoms with van der Waals surface area (Å²) in [6.07, 6.45) is 0. The largest absolute Gasteiger partial charge is 0.395 e. The zero-order valence-corrected chi connectivity index (χ0v) is 17.4. The smallest absolute Gasteiger partial charge is 0.233 e. The van der Waals surface area contributed by atoms with Crippen LogP contribution in [0.15, 0.2) is 36.4 Å². The van der Waals surface area contributed by atoms with Crippen molar-refractivity contribution in [1.29, 1.82) is 0 Å². The summed E-state index contributed by atoms with van der Waals surface area (Å²) in [6.45, 7) is 3.17. The number of rotatable bonds is 7. The minimum absolute atomic E-state index is 0.0499. The van der Waals surface area contributed by atoms with Crippen LogP contribution in [0.4, 0.5) is 46.8 Å². The van der Waals surface area contributed by atoms with E-state index in [9.17, 15) is 17.6 Å². The summed E-state index contributed by atoms with van der Waals surface area (Å²) < 4.78 is 53.7. The number of nitrogens with zero attached hydrogens (tertiary/aromatic N) is 5. The normalized spacial score (nSPS) is 14.4. The van der Waals surface area contributed by atoms with Crippen LogP contribution in [-0.2, 0) is 0 Å². The highest BCUT2D eigenvalue weighted by molar-refractivity contribution is 5.59. The fourth-order valence-corrected chi connectivity index (χ4v) is 3.34. The average Bonchev–Trinajstić information content (AvgIpc) is 2.79. The van der Waals surface area contributed by atoms with Gasteiger partial charge >= 0.3 is 0 Å². The molecule has 0 saturated carbocycles. The molecule has 12 heteroatoms. The molecule has 4 rings (SSSR count). The predicted octanol–water partition coefficient (Wildman–Crippen LogP) is 3.03. The lowest BCUT2D eigenvalue weighted by molar-refractivity contribution is 0.188. The SMILES string of the molecule is OCCN1CCN(c2nc(Nc3ccc(F)c(F)c3)nc(Nc3ccc(F)c(F)c3)n2)CC1. The highest BCUT2D eigenvalue weighted by Crippen LogP contribution is 2.23. The molecule has 0 radical (unpaired) electrons. The van der Waals surface area contributed by atoms with E-state index in [1.54, 1.807) is 0 Å². The van der Waals surface area contributed by atoms with E-state index in [2.05, 4.69) is 30.5 Å². The first-order valence-electron chi connectivity index (χ1n) is 10.2. The van der Waals surface area contributed by atoms with Crippen molar-refractivity contribution in [3.63, 3.8) is 0 Å². The molecule has 0 spiro atoms. The maximum absolute atomic E-state index is 13.6. The third kappa shape index (κ3) is 5.65. The molecular formula is C21H21F4N7O. The van der Waals surface area contributed by atoms with Crippen LogP contribution in [0.5, 0.6) is 0 Å². The predicted molar refractivity (Wildman–Crippen MR) is 115 cm³/mol. The molecule has 0 amide bonds. The number of β-amino-alcohol motifs (C(OH)–C–C–N with tert-alkyl or cyclic N) is 1. The van der Waals surface area contributed by atoms with Gasteiger partial charge in [-0.1, -0.05) is 0 Å². The number of hydrogen-bond acceptors (Lipinski definition) is 8. The van der Waals surface area contributed by atoms with Crippen LogP contribution in [0.25, 0.3) is 0 Å². The number of aromatic nitrogens is 3. The number of hydrogen-bond donors (Lipinski definition) is 3. The van der Waals surface area contributed by atoms with E-state index in [1.165, 1.54) is 12.1 Å². The number of halogens is 4. The summed E-state index contributed by atoms with van der Waals surface area (Å²) in [4.78, 5) is 17.0. The van der Waals surface area contributed by atoms with Crippen LogP contribution in [0.2, 0.25) is 0 Å². The molecule has 2 heterocycles. The second kappa shape index (κ2) is 9.96. The van der Waals surface area contributed by atoms with Gasteiger partial charge in [0.05, 0.1) is 6.61 Å². The molecule has 1 fully saturated rings. The molecule has 8 nitrogen and oxygen atoms in total. The Balaban J connectivity index is 1.61. The van der Waals surface area contributed by atoms with E-state index < -0.39 is 23.3 Å². The molecule has 1 aliphatic heterocycles. The zero-order chi connectivity index (χ0) is 23.4. The standard InChI is InChI=1S/C21H21F4N7O/c22-15-3-1-13(11-17(15)24)26-19-28-20(27-14-2-4-16(23)18(25)12-14)30-21(29-19)32-7-5-31(6-8-32)9-10-33/h1-4,11-12,33H,5-10H2,(H2,26,27,28,29,30). The van der Waals surface area contributed by atoms with Gasteiger partial charge in [-0.15, -0.1) is 0 Å².